The number of hydrogen-bond donors (Lipinski definition) is 2. The van der Waals surface area contributed by atoms with E-state index >= 15 is 0 Å². The zero-order valence-electron chi connectivity index (χ0n) is 21.8. The van der Waals surface area contributed by atoms with Crippen molar-refractivity contribution in [1.29, 1.82) is 0 Å². The summed E-state index contributed by atoms with van der Waals surface area (Å²) >= 11 is 0. The fourth-order valence-corrected chi connectivity index (χ4v) is 4.19. The van der Waals surface area contributed by atoms with Crippen molar-refractivity contribution in [1.82, 2.24) is 10.2 Å². The first-order valence-electron chi connectivity index (χ1n) is 11.7. The minimum absolute atomic E-state index is 0.123. The van der Waals surface area contributed by atoms with Crippen LogP contribution in [0, 0.1) is 6.92 Å². The molecule has 1 aliphatic heterocycles. The molecule has 1 aliphatic rings. The van der Waals surface area contributed by atoms with Crippen molar-refractivity contribution < 1.29 is 14.3 Å². The van der Waals surface area contributed by atoms with Crippen LogP contribution >= 0.6 is 0 Å². The number of nitrogens with two attached hydrogens (primary N) is 1. The molecule has 1 amide bonds. The van der Waals surface area contributed by atoms with Gasteiger partial charge in [-0.15, -0.1) is 0 Å². The van der Waals surface area contributed by atoms with E-state index in [1.807, 2.05) is 38.1 Å². The molecule has 3 rings (SSSR count). The van der Waals surface area contributed by atoms with Gasteiger partial charge in [0.2, 0.25) is 0 Å². The van der Waals surface area contributed by atoms with Crippen LogP contribution in [0.1, 0.15) is 40.0 Å². The number of carbonyl (C=O) groups is 1. The number of allylic oxidation sites excluding steroid dienone is 1. The van der Waals surface area contributed by atoms with Gasteiger partial charge >= 0.3 is 0 Å². The molecule has 0 bridgehead atoms. The number of anilines is 1. The molecule has 2 aromatic rings. The summed E-state index contributed by atoms with van der Waals surface area (Å²) in [6.07, 6.45) is 3.14. The molecule has 1 atom stereocenters. The summed E-state index contributed by atoms with van der Waals surface area (Å²) in [6.45, 7) is 5.82. The Kier molecular flexibility index (Phi) is 8.40. The maximum absolute atomic E-state index is 13.3. The summed E-state index contributed by atoms with van der Waals surface area (Å²) in [5, 5.41) is 3.14. The van der Waals surface area contributed by atoms with Crippen LogP contribution in [0.15, 0.2) is 41.5 Å². The molecule has 0 unspecified atom stereocenters. The lowest BCUT2D eigenvalue weighted by Gasteiger charge is -2.44. The van der Waals surface area contributed by atoms with E-state index in [0.29, 0.717) is 28.7 Å². The van der Waals surface area contributed by atoms with E-state index in [1.165, 1.54) is 6.20 Å². The summed E-state index contributed by atoms with van der Waals surface area (Å²) in [5.41, 5.74) is 10.8. The predicted molar refractivity (Wildman–Crippen MR) is 143 cm³/mol. The first-order valence-corrected chi connectivity index (χ1v) is 11.7. The fourth-order valence-electron chi connectivity index (χ4n) is 4.19. The van der Waals surface area contributed by atoms with Crippen LogP contribution in [0.4, 0.5) is 5.69 Å². The number of aliphatic imine (C=N–C) groups is 1. The van der Waals surface area contributed by atoms with Crippen molar-refractivity contribution in [3.63, 3.8) is 0 Å². The third kappa shape index (κ3) is 5.59. The Morgan fingerprint density at radius 2 is 1.91 bits per heavy atom. The molecule has 8 nitrogen and oxygen atoms in total. The second kappa shape index (κ2) is 11.3. The Hall–Kier alpha value is -3.52. The minimum atomic E-state index is -0.288. The lowest BCUT2D eigenvalue weighted by Crippen LogP contribution is -2.57. The molecule has 0 spiro atoms. The van der Waals surface area contributed by atoms with E-state index in [9.17, 15) is 4.79 Å². The lowest BCUT2D eigenvalue weighted by molar-refractivity contribution is 0.0939. The Morgan fingerprint density at radius 3 is 2.49 bits per heavy atom. The summed E-state index contributed by atoms with van der Waals surface area (Å²) in [7, 11) is 9.03. The molecule has 0 saturated carbocycles. The van der Waals surface area contributed by atoms with Gasteiger partial charge < -0.3 is 30.3 Å². The quantitative estimate of drug-likeness (QED) is 0.537. The molecular formula is C27H37N5O3. The van der Waals surface area contributed by atoms with Crippen molar-refractivity contribution in [2.24, 2.45) is 10.7 Å². The van der Waals surface area contributed by atoms with Crippen LogP contribution in [-0.4, -0.2) is 71.5 Å². The SMILES string of the molecule is CN=C/C(=C\N)c1cc([C@@H](C)NC(=O)c2cc(N3CC(N(C)C)C3)ccc2C)cc(OC)c1OC. The Bertz CT molecular complexity index is 1120. The average Bonchev–Trinajstić information content (AvgIpc) is 2.81. The Morgan fingerprint density at radius 1 is 1.20 bits per heavy atom. The predicted octanol–water partition coefficient (Wildman–Crippen LogP) is 3.25. The van der Waals surface area contributed by atoms with Gasteiger partial charge in [0.05, 0.1) is 20.3 Å². The van der Waals surface area contributed by atoms with Crippen molar-refractivity contribution in [3.05, 3.63) is 58.8 Å². The van der Waals surface area contributed by atoms with Crippen LogP contribution < -0.4 is 25.4 Å². The Balaban J connectivity index is 1.86. The number of benzene rings is 2. The second-order valence-electron chi connectivity index (χ2n) is 9.03. The minimum Gasteiger partial charge on any atom is -0.493 e. The van der Waals surface area contributed by atoms with E-state index in [2.05, 4.69) is 40.3 Å². The number of nitrogens with one attached hydrogen (secondary N) is 1. The molecule has 0 aromatic heterocycles. The first kappa shape index (κ1) is 26.1. The molecule has 1 heterocycles. The summed E-state index contributed by atoms with van der Waals surface area (Å²) < 4.78 is 11.2. The zero-order valence-corrected chi connectivity index (χ0v) is 21.8. The van der Waals surface area contributed by atoms with Gasteiger partial charge in [0.1, 0.15) is 0 Å². The monoisotopic (exact) mass is 479 g/mol. The number of methoxy groups -OCH3 is 2. The largest absolute Gasteiger partial charge is 0.493 e. The van der Waals surface area contributed by atoms with Gasteiger partial charge in [-0.05, 0) is 63.3 Å². The normalized spacial score (nSPS) is 15.3. The van der Waals surface area contributed by atoms with Gasteiger partial charge in [-0.2, -0.15) is 0 Å². The summed E-state index contributed by atoms with van der Waals surface area (Å²) in [5.74, 6) is 0.986. The summed E-state index contributed by atoms with van der Waals surface area (Å²) in [6, 6.07) is 10.1. The van der Waals surface area contributed by atoms with Crippen LogP contribution in [0.25, 0.3) is 5.57 Å². The molecule has 188 valence electrons. The molecule has 3 N–H and O–H groups in total. The summed E-state index contributed by atoms with van der Waals surface area (Å²) in [4.78, 5) is 21.9. The molecule has 1 fully saturated rings. The number of hydrogen-bond acceptors (Lipinski definition) is 7. The lowest BCUT2D eigenvalue weighted by atomic mass is 9.98. The molecule has 0 aliphatic carbocycles. The number of aryl methyl sites for hydroxylation is 1. The van der Waals surface area contributed by atoms with Gasteiger partial charge in [-0.3, -0.25) is 9.79 Å². The molecule has 35 heavy (non-hydrogen) atoms. The van der Waals surface area contributed by atoms with Crippen LogP contribution in [0.3, 0.4) is 0 Å². The number of likely N-dealkylation sites (N-methyl/N-ethyl adjacent to an activating group) is 1. The highest BCUT2D eigenvalue weighted by molar-refractivity contribution is 6.11. The van der Waals surface area contributed by atoms with E-state index in [1.54, 1.807) is 27.5 Å². The van der Waals surface area contributed by atoms with Crippen LogP contribution in [-0.2, 0) is 0 Å². The topological polar surface area (TPSA) is 92.4 Å². The highest BCUT2D eigenvalue weighted by Gasteiger charge is 2.29. The van der Waals surface area contributed by atoms with Crippen LogP contribution in [0.5, 0.6) is 11.5 Å². The number of nitrogens with zero attached hydrogens (tertiary/aromatic N) is 3. The van der Waals surface area contributed by atoms with E-state index in [0.717, 1.165) is 35.5 Å². The number of rotatable bonds is 9. The maximum atomic E-state index is 13.3. The maximum Gasteiger partial charge on any atom is 0.252 e. The second-order valence-corrected chi connectivity index (χ2v) is 9.03. The van der Waals surface area contributed by atoms with Crippen molar-refractivity contribution in [3.8, 4) is 11.5 Å². The van der Waals surface area contributed by atoms with E-state index in [-0.39, 0.29) is 11.9 Å². The highest BCUT2D eigenvalue weighted by Crippen LogP contribution is 2.38. The molecule has 0 radical (unpaired) electrons. The zero-order chi connectivity index (χ0) is 25.7. The number of amides is 1. The standard InChI is InChI=1S/C27H37N5O3/c1-17-8-9-21(32-15-22(16-32)31(4)5)12-23(17)27(33)30-18(2)19-10-24(20(13-28)14-29-3)26(35-7)25(11-19)34-6/h8-14,18,22H,15-16,28H2,1-7H3,(H,30,33)/b20-13+,29-14?/t18-/m1/s1. The average molecular weight is 480 g/mol. The molecule has 8 heteroatoms. The number of ether oxygens (including phenoxy) is 2. The van der Waals surface area contributed by atoms with Gasteiger partial charge in [-0.25, -0.2) is 0 Å². The Labute approximate surface area is 208 Å². The molecule has 1 saturated heterocycles. The van der Waals surface area contributed by atoms with Gasteiger partial charge in [0, 0.05) is 61.0 Å². The molecule has 2 aromatic carbocycles. The third-order valence-electron chi connectivity index (χ3n) is 6.53. The highest BCUT2D eigenvalue weighted by atomic mass is 16.5. The first-order chi connectivity index (χ1) is 16.7. The van der Waals surface area contributed by atoms with Gasteiger partial charge in [0.25, 0.3) is 5.91 Å². The smallest absolute Gasteiger partial charge is 0.252 e. The van der Waals surface area contributed by atoms with Crippen molar-refractivity contribution in [2.75, 3.05) is 53.4 Å². The fraction of sp³-hybridized carbons (Fsp3) is 0.407. The van der Waals surface area contributed by atoms with Gasteiger partial charge in [0.15, 0.2) is 11.5 Å². The van der Waals surface area contributed by atoms with E-state index < -0.39 is 0 Å². The third-order valence-corrected chi connectivity index (χ3v) is 6.53. The number of carbonyl (C=O) groups excluding carboxylic acids is 1. The van der Waals surface area contributed by atoms with Crippen LogP contribution in [0.2, 0.25) is 0 Å². The van der Waals surface area contributed by atoms with Crippen molar-refractivity contribution >= 4 is 23.4 Å². The molecular weight excluding hydrogens is 442 g/mol. The van der Waals surface area contributed by atoms with Gasteiger partial charge in [-0.1, -0.05) is 6.07 Å². The van der Waals surface area contributed by atoms with E-state index in [4.69, 9.17) is 15.2 Å². The van der Waals surface area contributed by atoms with Crippen molar-refractivity contribution in [2.45, 2.75) is 25.9 Å².